The molecule has 1 aliphatic rings. The summed E-state index contributed by atoms with van der Waals surface area (Å²) in [5.41, 5.74) is 4.02. The smallest absolute Gasteiger partial charge is 0.0412 e. The summed E-state index contributed by atoms with van der Waals surface area (Å²) in [7, 11) is 4.22. The molecule has 1 saturated heterocycles. The quantitative estimate of drug-likeness (QED) is 0.884. The fourth-order valence-electron chi connectivity index (χ4n) is 2.72. The molecule has 0 aliphatic carbocycles. The molecule has 1 atom stereocenters. The summed E-state index contributed by atoms with van der Waals surface area (Å²) in [5.74, 6) is 0. The molecule has 1 aliphatic heterocycles. The standard InChI is InChI=1S/C15H25N3/c1-5-13-11-16-8-9-18(13)14-7-6-12(2)15(10-14)17(3)4/h6-7,10,13,16H,5,8-9,11H2,1-4H3. The second-order valence-electron chi connectivity index (χ2n) is 5.32. The average Bonchev–Trinajstić information content (AvgIpc) is 2.39. The maximum absolute atomic E-state index is 3.48. The first-order valence-electron chi connectivity index (χ1n) is 6.88. The van der Waals surface area contributed by atoms with Crippen molar-refractivity contribution in [1.82, 2.24) is 5.32 Å². The number of anilines is 2. The predicted molar refractivity (Wildman–Crippen MR) is 79.8 cm³/mol. The van der Waals surface area contributed by atoms with Gasteiger partial charge in [-0.3, -0.25) is 0 Å². The molecule has 1 heterocycles. The number of aryl methyl sites for hydroxylation is 1. The number of piperazine rings is 1. The minimum Gasteiger partial charge on any atom is -0.377 e. The van der Waals surface area contributed by atoms with Crippen molar-refractivity contribution in [3.63, 3.8) is 0 Å². The molecule has 1 N–H and O–H groups in total. The number of nitrogens with zero attached hydrogens (tertiary/aromatic N) is 2. The molecule has 0 spiro atoms. The van der Waals surface area contributed by atoms with Gasteiger partial charge in [-0.1, -0.05) is 13.0 Å². The molecule has 0 bridgehead atoms. The van der Waals surface area contributed by atoms with Gasteiger partial charge in [0, 0.05) is 51.1 Å². The molecule has 3 nitrogen and oxygen atoms in total. The summed E-state index contributed by atoms with van der Waals surface area (Å²) < 4.78 is 0. The normalized spacial score (nSPS) is 20.0. The van der Waals surface area contributed by atoms with Crippen LogP contribution in [0.1, 0.15) is 18.9 Å². The van der Waals surface area contributed by atoms with Gasteiger partial charge in [0.15, 0.2) is 0 Å². The summed E-state index contributed by atoms with van der Waals surface area (Å²) in [6.07, 6.45) is 1.19. The van der Waals surface area contributed by atoms with Crippen LogP contribution in [-0.2, 0) is 0 Å². The van der Waals surface area contributed by atoms with Crippen LogP contribution in [0.25, 0.3) is 0 Å². The molecule has 0 saturated carbocycles. The van der Waals surface area contributed by atoms with Gasteiger partial charge in [-0.15, -0.1) is 0 Å². The van der Waals surface area contributed by atoms with E-state index < -0.39 is 0 Å². The van der Waals surface area contributed by atoms with Crippen molar-refractivity contribution in [3.05, 3.63) is 23.8 Å². The Bertz CT molecular complexity index is 401. The Morgan fingerprint density at radius 3 is 2.83 bits per heavy atom. The molecule has 18 heavy (non-hydrogen) atoms. The third kappa shape index (κ3) is 2.61. The number of hydrogen-bond acceptors (Lipinski definition) is 3. The van der Waals surface area contributed by atoms with Crippen molar-refractivity contribution in [2.75, 3.05) is 43.5 Å². The van der Waals surface area contributed by atoms with Crippen LogP contribution in [0.4, 0.5) is 11.4 Å². The lowest BCUT2D eigenvalue weighted by Crippen LogP contribution is -2.51. The van der Waals surface area contributed by atoms with Crippen LogP contribution in [-0.4, -0.2) is 39.8 Å². The minimum atomic E-state index is 0.622. The highest BCUT2D eigenvalue weighted by Crippen LogP contribution is 2.27. The zero-order chi connectivity index (χ0) is 13.1. The first-order chi connectivity index (χ1) is 8.63. The van der Waals surface area contributed by atoms with E-state index in [2.05, 4.69) is 61.3 Å². The van der Waals surface area contributed by atoms with Crippen LogP contribution in [0.2, 0.25) is 0 Å². The van der Waals surface area contributed by atoms with Crippen molar-refractivity contribution >= 4 is 11.4 Å². The molecule has 100 valence electrons. The summed E-state index contributed by atoms with van der Waals surface area (Å²) >= 11 is 0. The molecular formula is C15H25N3. The predicted octanol–water partition coefficient (Wildman–Crippen LogP) is 2.25. The number of rotatable bonds is 3. The number of hydrogen-bond donors (Lipinski definition) is 1. The highest BCUT2D eigenvalue weighted by Gasteiger charge is 2.21. The van der Waals surface area contributed by atoms with Crippen LogP contribution in [0.15, 0.2) is 18.2 Å². The zero-order valence-corrected chi connectivity index (χ0v) is 12.0. The van der Waals surface area contributed by atoms with E-state index in [1.54, 1.807) is 0 Å². The van der Waals surface area contributed by atoms with Gasteiger partial charge in [0.05, 0.1) is 0 Å². The van der Waals surface area contributed by atoms with Gasteiger partial charge >= 0.3 is 0 Å². The Morgan fingerprint density at radius 2 is 2.17 bits per heavy atom. The van der Waals surface area contributed by atoms with E-state index in [0.29, 0.717) is 6.04 Å². The molecule has 1 unspecified atom stereocenters. The highest BCUT2D eigenvalue weighted by molar-refractivity contribution is 5.63. The van der Waals surface area contributed by atoms with Crippen molar-refractivity contribution in [2.24, 2.45) is 0 Å². The molecule has 0 aromatic heterocycles. The van der Waals surface area contributed by atoms with Crippen LogP contribution >= 0.6 is 0 Å². The summed E-state index contributed by atoms with van der Waals surface area (Å²) in [6.45, 7) is 7.73. The van der Waals surface area contributed by atoms with E-state index in [-0.39, 0.29) is 0 Å². The van der Waals surface area contributed by atoms with Crippen LogP contribution in [0.5, 0.6) is 0 Å². The third-order valence-corrected chi connectivity index (χ3v) is 3.83. The number of benzene rings is 1. The largest absolute Gasteiger partial charge is 0.377 e. The van der Waals surface area contributed by atoms with Crippen LogP contribution < -0.4 is 15.1 Å². The van der Waals surface area contributed by atoms with Crippen molar-refractivity contribution < 1.29 is 0 Å². The van der Waals surface area contributed by atoms with Crippen LogP contribution in [0, 0.1) is 6.92 Å². The van der Waals surface area contributed by atoms with Crippen molar-refractivity contribution in [3.8, 4) is 0 Å². The molecule has 1 fully saturated rings. The molecule has 3 heteroatoms. The fourth-order valence-corrected chi connectivity index (χ4v) is 2.72. The van der Waals surface area contributed by atoms with Crippen molar-refractivity contribution in [1.29, 1.82) is 0 Å². The molecule has 0 amide bonds. The molecule has 2 rings (SSSR count). The van der Waals surface area contributed by atoms with Gasteiger partial charge in [-0.25, -0.2) is 0 Å². The van der Waals surface area contributed by atoms with E-state index in [1.165, 1.54) is 23.4 Å². The van der Waals surface area contributed by atoms with E-state index in [1.807, 2.05) is 0 Å². The van der Waals surface area contributed by atoms with E-state index >= 15 is 0 Å². The lowest BCUT2D eigenvalue weighted by atomic mass is 10.1. The monoisotopic (exact) mass is 247 g/mol. The lowest BCUT2D eigenvalue weighted by molar-refractivity contribution is 0.466. The fraction of sp³-hybridized carbons (Fsp3) is 0.600. The van der Waals surface area contributed by atoms with E-state index in [0.717, 1.165) is 19.6 Å². The van der Waals surface area contributed by atoms with E-state index in [4.69, 9.17) is 0 Å². The Morgan fingerprint density at radius 1 is 1.39 bits per heavy atom. The Kier molecular flexibility index (Phi) is 4.12. The molecule has 1 aromatic rings. The van der Waals surface area contributed by atoms with Crippen LogP contribution in [0.3, 0.4) is 0 Å². The minimum absolute atomic E-state index is 0.622. The number of nitrogens with one attached hydrogen (secondary N) is 1. The Hall–Kier alpha value is -1.22. The second-order valence-corrected chi connectivity index (χ2v) is 5.32. The third-order valence-electron chi connectivity index (χ3n) is 3.83. The SMILES string of the molecule is CCC1CNCCN1c1ccc(C)c(N(C)C)c1. The zero-order valence-electron chi connectivity index (χ0n) is 12.0. The Balaban J connectivity index is 2.29. The maximum Gasteiger partial charge on any atom is 0.0412 e. The van der Waals surface area contributed by atoms with Gasteiger partial charge in [0.2, 0.25) is 0 Å². The second kappa shape index (κ2) is 5.61. The molecule has 0 radical (unpaired) electrons. The summed E-state index contributed by atoms with van der Waals surface area (Å²) in [6, 6.07) is 7.44. The van der Waals surface area contributed by atoms with Gasteiger partial charge in [-0.2, -0.15) is 0 Å². The first kappa shape index (κ1) is 13.2. The summed E-state index contributed by atoms with van der Waals surface area (Å²) in [5, 5.41) is 3.48. The Labute approximate surface area is 111 Å². The molecular weight excluding hydrogens is 222 g/mol. The van der Waals surface area contributed by atoms with Gasteiger partial charge < -0.3 is 15.1 Å². The lowest BCUT2D eigenvalue weighted by Gasteiger charge is -2.38. The maximum atomic E-state index is 3.48. The molecule has 1 aromatic carbocycles. The van der Waals surface area contributed by atoms with E-state index in [9.17, 15) is 0 Å². The average molecular weight is 247 g/mol. The van der Waals surface area contributed by atoms with Gasteiger partial charge in [-0.05, 0) is 31.0 Å². The topological polar surface area (TPSA) is 18.5 Å². The van der Waals surface area contributed by atoms with Gasteiger partial charge in [0.1, 0.15) is 0 Å². The highest BCUT2D eigenvalue weighted by atomic mass is 15.2. The summed E-state index contributed by atoms with van der Waals surface area (Å²) in [4.78, 5) is 4.74. The van der Waals surface area contributed by atoms with Crippen molar-refractivity contribution in [2.45, 2.75) is 26.3 Å². The first-order valence-corrected chi connectivity index (χ1v) is 6.88. The van der Waals surface area contributed by atoms with Gasteiger partial charge in [0.25, 0.3) is 0 Å².